The molecule has 0 aliphatic carbocycles. The number of thiophene rings is 1. The van der Waals surface area contributed by atoms with Crippen LogP contribution in [0.1, 0.15) is 0 Å². The van der Waals surface area contributed by atoms with Crippen molar-refractivity contribution in [2.24, 2.45) is 0 Å². The monoisotopic (exact) mass is 713 g/mol. The van der Waals surface area contributed by atoms with E-state index >= 15 is 0 Å². The van der Waals surface area contributed by atoms with Crippen molar-refractivity contribution in [3.8, 4) is 50.4 Å². The predicted molar refractivity (Wildman–Crippen MR) is 222 cm³/mol. The second kappa shape index (κ2) is 12.0. The highest BCUT2D eigenvalue weighted by atomic mass is 32.1. The highest BCUT2D eigenvalue weighted by Gasteiger charge is 2.19. The maximum absolute atomic E-state index is 5.24. The lowest BCUT2D eigenvalue weighted by Gasteiger charge is -2.12. The highest BCUT2D eigenvalue weighted by molar-refractivity contribution is 7.25. The van der Waals surface area contributed by atoms with Crippen LogP contribution in [0.15, 0.2) is 164 Å². The summed E-state index contributed by atoms with van der Waals surface area (Å²) in [5.74, 6) is 1.82. The molecule has 5 nitrogen and oxygen atoms in total. The first kappa shape index (κ1) is 30.1. The van der Waals surface area contributed by atoms with Crippen LogP contribution in [0.25, 0.3) is 103 Å². The van der Waals surface area contributed by atoms with Gasteiger partial charge in [-0.2, -0.15) is 9.97 Å². The van der Waals surface area contributed by atoms with Crippen molar-refractivity contribution in [3.05, 3.63) is 164 Å². The molecule has 7 heteroatoms. The molecule has 0 saturated heterocycles. The zero-order valence-corrected chi connectivity index (χ0v) is 29.8. The van der Waals surface area contributed by atoms with Gasteiger partial charge in [-0.3, -0.25) is 4.57 Å². The first-order valence-corrected chi connectivity index (χ1v) is 19.1. The average Bonchev–Trinajstić information content (AvgIpc) is 3.93. The number of nitrogens with zero attached hydrogens (tertiary/aromatic N) is 5. The molecule has 0 aliphatic rings. The molecule has 11 aromatic rings. The molecule has 4 heterocycles. The molecule has 4 aromatic heterocycles. The van der Waals surface area contributed by atoms with Crippen molar-refractivity contribution in [2.45, 2.75) is 0 Å². The zero-order chi connectivity index (χ0) is 34.9. The molecule has 0 N–H and O–H groups in total. The second-order valence-electron chi connectivity index (χ2n) is 13.1. The molecule has 7 aromatic carbocycles. The summed E-state index contributed by atoms with van der Waals surface area (Å²) < 4.78 is 5.80. The molecule has 0 saturated carbocycles. The van der Waals surface area contributed by atoms with Gasteiger partial charge < -0.3 is 0 Å². The Morgan fingerprint density at radius 3 is 1.77 bits per heavy atom. The average molecular weight is 714 g/mol. The quantitative estimate of drug-likeness (QED) is 0.178. The molecule has 0 bridgehead atoms. The van der Waals surface area contributed by atoms with Crippen LogP contribution in [-0.2, 0) is 0 Å². The summed E-state index contributed by atoms with van der Waals surface area (Å²) in [6.07, 6.45) is 0. The normalized spacial score (nSPS) is 11.8. The van der Waals surface area contributed by atoms with E-state index in [0.29, 0.717) is 17.6 Å². The van der Waals surface area contributed by atoms with E-state index in [2.05, 4.69) is 162 Å². The van der Waals surface area contributed by atoms with Crippen molar-refractivity contribution < 1.29 is 0 Å². The summed E-state index contributed by atoms with van der Waals surface area (Å²) in [5.41, 5.74) is 8.22. The number of rotatable bonds is 5. The maximum Gasteiger partial charge on any atom is 0.238 e. The lowest BCUT2D eigenvalue weighted by Crippen LogP contribution is -2.06. The Kier molecular flexibility index (Phi) is 6.83. The Morgan fingerprint density at radius 1 is 0.377 bits per heavy atom. The Labute approximate surface area is 312 Å². The van der Waals surface area contributed by atoms with Crippen LogP contribution >= 0.6 is 22.7 Å². The van der Waals surface area contributed by atoms with E-state index in [1.54, 1.807) is 22.7 Å². The third kappa shape index (κ3) is 4.97. The van der Waals surface area contributed by atoms with Gasteiger partial charge in [0, 0.05) is 53.2 Å². The maximum atomic E-state index is 5.24. The van der Waals surface area contributed by atoms with Crippen LogP contribution in [0.4, 0.5) is 0 Å². The van der Waals surface area contributed by atoms with Crippen LogP contribution in [0.5, 0.6) is 0 Å². The van der Waals surface area contributed by atoms with Crippen molar-refractivity contribution in [3.63, 3.8) is 0 Å². The van der Waals surface area contributed by atoms with E-state index in [-0.39, 0.29) is 0 Å². The predicted octanol–water partition coefficient (Wildman–Crippen LogP) is 12.6. The lowest BCUT2D eigenvalue weighted by molar-refractivity contribution is 0.954. The van der Waals surface area contributed by atoms with Gasteiger partial charge in [-0.25, -0.2) is 9.97 Å². The van der Waals surface area contributed by atoms with Gasteiger partial charge in [0.05, 0.1) is 21.3 Å². The molecule has 248 valence electrons. The number of hydrogen-bond acceptors (Lipinski definition) is 6. The topological polar surface area (TPSA) is 56.5 Å². The fourth-order valence-electron chi connectivity index (χ4n) is 7.44. The number of aromatic nitrogens is 5. The van der Waals surface area contributed by atoms with Gasteiger partial charge >= 0.3 is 0 Å². The van der Waals surface area contributed by atoms with Crippen LogP contribution in [0, 0.1) is 0 Å². The first-order chi connectivity index (χ1) is 26.2. The molecule has 0 fully saturated rings. The summed E-state index contributed by atoms with van der Waals surface area (Å²) in [6, 6.07) is 57.3. The minimum Gasteiger partial charge on any atom is -0.278 e. The van der Waals surface area contributed by atoms with Gasteiger partial charge in [0.1, 0.15) is 5.01 Å². The molecule has 0 radical (unpaired) electrons. The van der Waals surface area contributed by atoms with Gasteiger partial charge in [0.2, 0.25) is 5.95 Å². The van der Waals surface area contributed by atoms with Gasteiger partial charge in [-0.05, 0) is 42.0 Å². The fraction of sp³-hybridized carbons (Fsp3) is 0. The van der Waals surface area contributed by atoms with Gasteiger partial charge in [0.15, 0.2) is 11.6 Å². The minimum atomic E-state index is 0.582. The summed E-state index contributed by atoms with van der Waals surface area (Å²) in [7, 11) is 0. The molecule has 53 heavy (non-hydrogen) atoms. The third-order valence-electron chi connectivity index (χ3n) is 9.91. The smallest absolute Gasteiger partial charge is 0.238 e. The largest absolute Gasteiger partial charge is 0.278 e. The molecular formula is C46H27N5S2. The van der Waals surface area contributed by atoms with Crippen molar-refractivity contribution in [2.75, 3.05) is 0 Å². The van der Waals surface area contributed by atoms with Crippen LogP contribution in [0.3, 0.4) is 0 Å². The molecule has 0 atom stereocenters. The van der Waals surface area contributed by atoms with E-state index in [9.17, 15) is 0 Å². The molecule has 0 aliphatic heterocycles. The number of fused-ring (bicyclic) bond motifs is 7. The zero-order valence-electron chi connectivity index (χ0n) is 28.1. The number of thiazole rings is 1. The molecule has 0 unspecified atom stereocenters. The van der Waals surface area contributed by atoms with Gasteiger partial charge in [0.25, 0.3) is 0 Å². The lowest BCUT2D eigenvalue weighted by atomic mass is 10.0. The van der Waals surface area contributed by atoms with Crippen LogP contribution < -0.4 is 0 Å². The Hall–Kier alpha value is -6.54. The Morgan fingerprint density at radius 2 is 0.981 bits per heavy atom. The first-order valence-electron chi connectivity index (χ1n) is 17.5. The standard InChI is InChI=1S/C46H27N5S2/c1-2-12-28(13-3-1)45-47-42-32(19-11-23-40(42)53-45)29-14-10-15-30(26-29)43-48-44(31-24-25-36-35-18-6-9-22-39(35)52-41(36)27-31)50-46(49-43)51-37-20-7-4-16-33(37)34-17-5-8-21-38(34)51/h1-27H. The fourth-order valence-corrected chi connectivity index (χ4v) is 9.58. The number of hydrogen-bond donors (Lipinski definition) is 0. The van der Waals surface area contributed by atoms with E-state index in [1.807, 2.05) is 6.07 Å². The van der Waals surface area contributed by atoms with E-state index < -0.39 is 0 Å². The van der Waals surface area contributed by atoms with Crippen molar-refractivity contribution >= 4 is 74.9 Å². The number of benzene rings is 7. The second-order valence-corrected chi connectivity index (χ2v) is 15.2. The van der Waals surface area contributed by atoms with E-state index in [4.69, 9.17) is 19.9 Å². The summed E-state index contributed by atoms with van der Waals surface area (Å²) in [5, 5.41) is 5.84. The number of para-hydroxylation sites is 3. The van der Waals surface area contributed by atoms with E-state index in [0.717, 1.165) is 64.8 Å². The Bertz CT molecular complexity index is 3140. The molecule has 11 rings (SSSR count). The van der Waals surface area contributed by atoms with Gasteiger partial charge in [-0.1, -0.05) is 127 Å². The summed E-state index contributed by atoms with van der Waals surface area (Å²) in [4.78, 5) is 20.8. The highest BCUT2D eigenvalue weighted by Crippen LogP contribution is 2.39. The van der Waals surface area contributed by atoms with E-state index in [1.165, 1.54) is 20.2 Å². The van der Waals surface area contributed by atoms with Crippen LogP contribution in [-0.4, -0.2) is 24.5 Å². The van der Waals surface area contributed by atoms with Crippen molar-refractivity contribution in [1.29, 1.82) is 0 Å². The SMILES string of the molecule is c1ccc(-c2nc3c(-c4cccc(-c5nc(-c6ccc7c(c6)sc6ccccc67)nc(-n6c7ccccc7c7ccccc76)n5)c4)cccc3s2)cc1. The summed E-state index contributed by atoms with van der Waals surface area (Å²) in [6.45, 7) is 0. The minimum absolute atomic E-state index is 0.582. The van der Waals surface area contributed by atoms with Crippen LogP contribution in [0.2, 0.25) is 0 Å². The molecule has 0 spiro atoms. The summed E-state index contributed by atoms with van der Waals surface area (Å²) >= 11 is 3.51. The third-order valence-corrected chi connectivity index (χ3v) is 12.1. The molecule has 0 amide bonds. The van der Waals surface area contributed by atoms with Crippen molar-refractivity contribution in [1.82, 2.24) is 24.5 Å². The Balaban J connectivity index is 1.11. The van der Waals surface area contributed by atoms with Gasteiger partial charge in [-0.15, -0.1) is 22.7 Å². The molecular weight excluding hydrogens is 687 g/mol.